The molecular weight excluding hydrogens is 438 g/mol. The predicted molar refractivity (Wildman–Crippen MR) is 140 cm³/mol. The van der Waals surface area contributed by atoms with Gasteiger partial charge < -0.3 is 15.4 Å². The largest absolute Gasteiger partial charge is 0.497 e. The Morgan fingerprint density at radius 1 is 1.17 bits per heavy atom. The van der Waals surface area contributed by atoms with Crippen LogP contribution in [0.4, 0.5) is 5.82 Å². The number of methoxy groups -OCH3 is 1. The maximum absolute atomic E-state index is 13.1. The second-order valence-electron chi connectivity index (χ2n) is 8.33. The van der Waals surface area contributed by atoms with Gasteiger partial charge in [0.2, 0.25) is 0 Å². The highest BCUT2D eigenvalue weighted by Crippen LogP contribution is 2.28. The van der Waals surface area contributed by atoms with Crippen LogP contribution >= 0.6 is 0 Å². The molecule has 7 nitrogen and oxygen atoms in total. The van der Waals surface area contributed by atoms with E-state index in [1.54, 1.807) is 19.5 Å². The van der Waals surface area contributed by atoms with E-state index < -0.39 is 0 Å². The van der Waals surface area contributed by atoms with Crippen molar-refractivity contribution in [3.8, 4) is 17.1 Å². The van der Waals surface area contributed by atoms with E-state index in [-0.39, 0.29) is 11.9 Å². The smallest absolute Gasteiger partial charge is 0.251 e. The first-order valence-corrected chi connectivity index (χ1v) is 12.0. The number of hydrogen-bond donors (Lipinski definition) is 2. The van der Waals surface area contributed by atoms with Crippen molar-refractivity contribution in [3.63, 3.8) is 0 Å². The van der Waals surface area contributed by atoms with Crippen molar-refractivity contribution in [2.24, 2.45) is 0 Å². The molecule has 0 radical (unpaired) electrons. The molecule has 0 unspecified atom stereocenters. The van der Waals surface area contributed by atoms with Crippen LogP contribution in [0.25, 0.3) is 22.3 Å². The van der Waals surface area contributed by atoms with E-state index in [0.717, 1.165) is 47.1 Å². The third-order valence-corrected chi connectivity index (χ3v) is 6.08. The van der Waals surface area contributed by atoms with Crippen molar-refractivity contribution in [3.05, 3.63) is 78.2 Å². The Morgan fingerprint density at radius 2 is 2.03 bits per heavy atom. The maximum atomic E-state index is 13.1. The van der Waals surface area contributed by atoms with Crippen LogP contribution in [0.15, 0.2) is 78.2 Å². The number of ether oxygens (including phenoxy) is 1. The number of carbonyl (C=O) groups is 1. The Labute approximate surface area is 206 Å². The molecule has 35 heavy (non-hydrogen) atoms. The van der Waals surface area contributed by atoms with Crippen molar-refractivity contribution in [1.82, 2.24) is 20.3 Å². The van der Waals surface area contributed by atoms with Gasteiger partial charge in [-0.2, -0.15) is 0 Å². The van der Waals surface area contributed by atoms with Crippen molar-refractivity contribution in [1.29, 1.82) is 0 Å². The molecule has 7 heteroatoms. The summed E-state index contributed by atoms with van der Waals surface area (Å²) in [5.41, 5.74) is 3.22. The quantitative estimate of drug-likeness (QED) is 0.446. The molecule has 0 saturated carbocycles. The zero-order valence-electron chi connectivity index (χ0n) is 20.4. The van der Waals surface area contributed by atoms with Gasteiger partial charge in [0.05, 0.1) is 12.6 Å². The van der Waals surface area contributed by atoms with E-state index in [1.807, 2.05) is 48.6 Å². The lowest BCUT2D eigenvalue weighted by Gasteiger charge is -2.18. The fourth-order valence-corrected chi connectivity index (χ4v) is 3.99. The summed E-state index contributed by atoms with van der Waals surface area (Å²) in [4.78, 5) is 26.9. The number of benzene rings is 1. The van der Waals surface area contributed by atoms with E-state index in [1.165, 1.54) is 0 Å². The lowest BCUT2D eigenvalue weighted by atomic mass is 10.0. The highest BCUT2D eigenvalue weighted by molar-refractivity contribution is 5.99. The number of fused-ring (bicyclic) bond motifs is 1. The molecule has 0 spiro atoms. The van der Waals surface area contributed by atoms with Crippen LogP contribution in [0.3, 0.4) is 0 Å². The normalized spacial score (nSPS) is 13.3. The number of pyridine rings is 1. The fraction of sp³-hybridized carbons (Fsp3) is 0.286. The highest BCUT2D eigenvalue weighted by atomic mass is 16.5. The molecule has 0 atom stereocenters. The molecule has 1 amide bonds. The lowest BCUT2D eigenvalue weighted by Crippen LogP contribution is -2.35. The summed E-state index contributed by atoms with van der Waals surface area (Å²) >= 11 is 0. The summed E-state index contributed by atoms with van der Waals surface area (Å²) in [5.74, 6) is 1.92. The van der Waals surface area contributed by atoms with Crippen LogP contribution in [0.2, 0.25) is 0 Å². The third kappa shape index (κ3) is 5.74. The fourth-order valence-electron chi connectivity index (χ4n) is 3.99. The van der Waals surface area contributed by atoms with Gasteiger partial charge in [-0.15, -0.1) is 0 Å². The SMILES string of the molecule is CCC(CC)NC(=O)C1=CC=CCC=C1CNc1nc(-c2cccnc2)nc2ccc(OC)cc12. The summed E-state index contributed by atoms with van der Waals surface area (Å²) in [6.07, 6.45) is 14.0. The zero-order valence-corrected chi connectivity index (χ0v) is 20.4. The second-order valence-corrected chi connectivity index (χ2v) is 8.33. The number of rotatable bonds is 9. The summed E-state index contributed by atoms with van der Waals surface area (Å²) in [6, 6.07) is 9.68. The van der Waals surface area contributed by atoms with Crippen LogP contribution in [0.5, 0.6) is 5.75 Å². The second kappa shape index (κ2) is 11.4. The van der Waals surface area contributed by atoms with Crippen LogP contribution in [-0.2, 0) is 4.79 Å². The number of nitrogens with zero attached hydrogens (tertiary/aromatic N) is 3. The molecule has 2 heterocycles. The molecule has 0 fully saturated rings. The Bertz CT molecular complexity index is 1280. The molecule has 0 aliphatic heterocycles. The Morgan fingerprint density at radius 3 is 2.77 bits per heavy atom. The average Bonchev–Trinajstić information content (AvgIpc) is 3.16. The third-order valence-electron chi connectivity index (χ3n) is 6.08. The van der Waals surface area contributed by atoms with Gasteiger partial charge in [-0.25, -0.2) is 9.97 Å². The molecular formula is C28H31N5O2. The van der Waals surface area contributed by atoms with Gasteiger partial charge in [0, 0.05) is 41.5 Å². The first-order chi connectivity index (χ1) is 17.1. The summed E-state index contributed by atoms with van der Waals surface area (Å²) in [7, 11) is 1.64. The molecule has 2 N–H and O–H groups in total. The molecule has 1 aliphatic rings. The van der Waals surface area contributed by atoms with Crippen molar-refractivity contribution in [2.45, 2.75) is 39.2 Å². The Kier molecular flexibility index (Phi) is 7.88. The minimum absolute atomic E-state index is 0.0523. The minimum atomic E-state index is -0.0523. The van der Waals surface area contributed by atoms with E-state index in [4.69, 9.17) is 14.7 Å². The van der Waals surface area contributed by atoms with Gasteiger partial charge in [0.1, 0.15) is 11.6 Å². The minimum Gasteiger partial charge on any atom is -0.497 e. The maximum Gasteiger partial charge on any atom is 0.251 e. The molecule has 0 bridgehead atoms. The number of carbonyl (C=O) groups excluding carboxylic acids is 1. The van der Waals surface area contributed by atoms with E-state index >= 15 is 0 Å². The number of amides is 1. The molecule has 1 aromatic carbocycles. The Hall–Kier alpha value is -4.00. The van der Waals surface area contributed by atoms with Gasteiger partial charge >= 0.3 is 0 Å². The zero-order chi connectivity index (χ0) is 24.6. The van der Waals surface area contributed by atoms with Crippen LogP contribution < -0.4 is 15.4 Å². The average molecular weight is 470 g/mol. The number of anilines is 1. The summed E-state index contributed by atoms with van der Waals surface area (Å²) in [6.45, 7) is 4.62. The van der Waals surface area contributed by atoms with E-state index in [0.29, 0.717) is 23.8 Å². The number of nitrogens with one attached hydrogen (secondary N) is 2. The molecule has 180 valence electrons. The number of hydrogen-bond acceptors (Lipinski definition) is 6. The first kappa shape index (κ1) is 24.1. The van der Waals surface area contributed by atoms with Gasteiger partial charge in [0.25, 0.3) is 5.91 Å². The topological polar surface area (TPSA) is 89.0 Å². The molecule has 2 aromatic heterocycles. The Balaban J connectivity index is 1.66. The molecule has 4 rings (SSSR count). The standard InChI is InChI=1S/C28H31N5O2/c1-4-21(5-2)31-28(34)23-12-8-6-7-10-19(23)18-30-27-24-16-22(35-3)13-14-25(24)32-26(33-27)20-11-9-15-29-17-20/h6,8-17,21H,4-5,7,18H2,1-3H3,(H,31,34)(H,30,32,33). The van der Waals surface area contributed by atoms with Crippen LogP contribution in [0.1, 0.15) is 33.1 Å². The van der Waals surface area contributed by atoms with Gasteiger partial charge in [-0.05, 0) is 61.2 Å². The van der Waals surface area contributed by atoms with E-state index in [9.17, 15) is 4.79 Å². The molecule has 3 aromatic rings. The van der Waals surface area contributed by atoms with Gasteiger partial charge in [0.15, 0.2) is 5.82 Å². The molecule has 1 aliphatic carbocycles. The first-order valence-electron chi connectivity index (χ1n) is 12.0. The summed E-state index contributed by atoms with van der Waals surface area (Å²) < 4.78 is 5.43. The highest BCUT2D eigenvalue weighted by Gasteiger charge is 2.18. The predicted octanol–water partition coefficient (Wildman–Crippen LogP) is 5.23. The molecule has 0 saturated heterocycles. The van der Waals surface area contributed by atoms with E-state index in [2.05, 4.69) is 35.5 Å². The van der Waals surface area contributed by atoms with Gasteiger partial charge in [-0.1, -0.05) is 32.1 Å². The monoisotopic (exact) mass is 469 g/mol. The number of aromatic nitrogens is 3. The van der Waals surface area contributed by atoms with Crippen molar-refractivity contribution >= 4 is 22.6 Å². The van der Waals surface area contributed by atoms with Gasteiger partial charge in [-0.3, -0.25) is 9.78 Å². The van der Waals surface area contributed by atoms with Crippen molar-refractivity contribution < 1.29 is 9.53 Å². The summed E-state index contributed by atoms with van der Waals surface area (Å²) in [5, 5.41) is 7.47. The van der Waals surface area contributed by atoms with Crippen molar-refractivity contribution in [2.75, 3.05) is 19.0 Å². The van der Waals surface area contributed by atoms with Crippen LogP contribution in [-0.4, -0.2) is 40.6 Å². The number of allylic oxidation sites excluding steroid dienone is 4. The van der Waals surface area contributed by atoms with Crippen LogP contribution in [0, 0.1) is 0 Å². The lowest BCUT2D eigenvalue weighted by molar-refractivity contribution is -0.118.